The van der Waals surface area contributed by atoms with Gasteiger partial charge < -0.3 is 4.74 Å². The molecule has 3 aromatic carbocycles. The molecule has 0 aliphatic rings. The van der Waals surface area contributed by atoms with Crippen LogP contribution in [0.1, 0.15) is 5.56 Å². The lowest BCUT2D eigenvalue weighted by molar-refractivity contribution is -0.118. The Morgan fingerprint density at radius 3 is 2.48 bits per heavy atom. The van der Waals surface area contributed by atoms with Gasteiger partial charge in [0.05, 0.1) is 19.1 Å². The van der Waals surface area contributed by atoms with E-state index in [2.05, 4.69) is 36.7 Å². The fourth-order valence-electron chi connectivity index (χ4n) is 2.99. The molecule has 1 N–H and O–H groups in total. The molecule has 4 rings (SSSR count). The number of ether oxygens (including phenoxy) is 1. The predicted molar refractivity (Wildman–Crippen MR) is 134 cm³/mol. The van der Waals surface area contributed by atoms with Gasteiger partial charge in [-0.15, -0.1) is 10.2 Å². The highest BCUT2D eigenvalue weighted by Gasteiger charge is 2.17. The molecule has 1 aromatic heterocycles. The topological polar surface area (TPSA) is 81.4 Å². The first-order valence-electron chi connectivity index (χ1n) is 9.99. The summed E-state index contributed by atoms with van der Waals surface area (Å²) in [5.41, 5.74) is 5.24. The van der Waals surface area contributed by atoms with Gasteiger partial charge in [0.2, 0.25) is 0 Å². The van der Waals surface area contributed by atoms with Crippen LogP contribution in [-0.4, -0.2) is 39.7 Å². The van der Waals surface area contributed by atoms with Crippen LogP contribution in [0.4, 0.5) is 0 Å². The minimum atomic E-state index is -0.237. The molecule has 0 aliphatic carbocycles. The van der Waals surface area contributed by atoms with Crippen LogP contribution in [0.3, 0.4) is 0 Å². The minimum Gasteiger partial charge on any atom is -0.497 e. The van der Waals surface area contributed by atoms with E-state index in [-0.39, 0.29) is 11.7 Å². The number of methoxy groups -OCH3 is 1. The number of halogens is 1. The zero-order valence-electron chi connectivity index (χ0n) is 17.7. The normalized spacial score (nSPS) is 11.0. The molecule has 0 atom stereocenters. The summed E-state index contributed by atoms with van der Waals surface area (Å²) in [5, 5.41) is 13.4. The lowest BCUT2D eigenvalue weighted by Gasteiger charge is -2.11. The number of amides is 1. The minimum absolute atomic E-state index is 0.140. The van der Waals surface area contributed by atoms with Crippen LogP contribution in [0.2, 0.25) is 0 Å². The molecule has 9 heteroatoms. The second-order valence-corrected chi connectivity index (χ2v) is 8.70. The SMILES string of the molecule is COc1ccc(-n2c(SCC(=O)NN=Cc3ccc(Br)cc3)nnc2-c2ccccc2)cc1. The molecule has 0 unspecified atom stereocenters. The molecule has 0 saturated carbocycles. The highest BCUT2D eigenvalue weighted by molar-refractivity contribution is 9.10. The number of aromatic nitrogens is 3. The van der Waals surface area contributed by atoms with E-state index in [0.29, 0.717) is 11.0 Å². The summed E-state index contributed by atoms with van der Waals surface area (Å²) in [6.07, 6.45) is 1.60. The van der Waals surface area contributed by atoms with Crippen molar-refractivity contribution >= 4 is 39.8 Å². The Bertz CT molecular complexity index is 1240. The molecule has 0 bridgehead atoms. The lowest BCUT2D eigenvalue weighted by Crippen LogP contribution is -2.20. The van der Waals surface area contributed by atoms with E-state index < -0.39 is 0 Å². The van der Waals surface area contributed by atoms with Gasteiger partial charge in [0, 0.05) is 15.7 Å². The van der Waals surface area contributed by atoms with Crippen molar-refractivity contribution in [3.63, 3.8) is 0 Å². The third-order valence-corrected chi connectivity index (χ3v) is 6.06. The Balaban J connectivity index is 1.50. The molecule has 0 aliphatic heterocycles. The fraction of sp³-hybridized carbons (Fsp3) is 0.0833. The van der Waals surface area contributed by atoms with Gasteiger partial charge in [0.1, 0.15) is 5.75 Å². The monoisotopic (exact) mass is 521 g/mol. The van der Waals surface area contributed by atoms with Gasteiger partial charge in [-0.3, -0.25) is 9.36 Å². The molecule has 7 nitrogen and oxygen atoms in total. The summed E-state index contributed by atoms with van der Waals surface area (Å²) in [4.78, 5) is 12.3. The summed E-state index contributed by atoms with van der Waals surface area (Å²) < 4.78 is 8.18. The zero-order valence-corrected chi connectivity index (χ0v) is 20.1. The quantitative estimate of drug-likeness (QED) is 0.201. The van der Waals surface area contributed by atoms with Crippen LogP contribution in [0.5, 0.6) is 5.75 Å². The first-order chi connectivity index (χ1) is 16.1. The summed E-state index contributed by atoms with van der Waals surface area (Å²) in [7, 11) is 1.63. The molecule has 1 heterocycles. The fourth-order valence-corrected chi connectivity index (χ4v) is 4.00. The van der Waals surface area contributed by atoms with Crippen molar-refractivity contribution in [2.45, 2.75) is 5.16 Å². The third kappa shape index (κ3) is 5.88. The summed E-state index contributed by atoms with van der Waals surface area (Å²) in [5.74, 6) is 1.35. The maximum Gasteiger partial charge on any atom is 0.250 e. The summed E-state index contributed by atoms with van der Waals surface area (Å²) in [6.45, 7) is 0. The second-order valence-electron chi connectivity index (χ2n) is 6.84. The average Bonchev–Trinajstić information content (AvgIpc) is 3.28. The second kappa shape index (κ2) is 10.9. The van der Waals surface area contributed by atoms with Crippen molar-refractivity contribution in [1.29, 1.82) is 0 Å². The molecule has 0 saturated heterocycles. The van der Waals surface area contributed by atoms with E-state index in [1.165, 1.54) is 11.8 Å². The molecule has 33 heavy (non-hydrogen) atoms. The number of rotatable bonds is 8. The maximum atomic E-state index is 12.3. The highest BCUT2D eigenvalue weighted by atomic mass is 79.9. The van der Waals surface area contributed by atoms with Crippen molar-refractivity contribution < 1.29 is 9.53 Å². The first kappa shape index (κ1) is 22.8. The Kier molecular flexibility index (Phi) is 7.54. The van der Waals surface area contributed by atoms with E-state index in [1.54, 1.807) is 13.3 Å². The number of thioether (sulfide) groups is 1. The first-order valence-corrected chi connectivity index (χ1v) is 11.8. The van der Waals surface area contributed by atoms with Gasteiger partial charge in [-0.2, -0.15) is 5.10 Å². The Morgan fingerprint density at radius 1 is 1.06 bits per heavy atom. The molecule has 1 amide bonds. The van der Waals surface area contributed by atoms with Crippen LogP contribution in [0.15, 0.2) is 93.6 Å². The van der Waals surface area contributed by atoms with Crippen molar-refractivity contribution in [1.82, 2.24) is 20.2 Å². The molecular weight excluding hydrogens is 502 g/mol. The lowest BCUT2D eigenvalue weighted by atomic mass is 10.2. The van der Waals surface area contributed by atoms with Crippen LogP contribution < -0.4 is 10.2 Å². The number of carbonyl (C=O) groups excluding carboxylic acids is 1. The standard InChI is InChI=1S/C24H20BrN5O2S/c1-32-21-13-11-20(12-14-21)30-23(18-5-3-2-4-6-18)28-29-24(30)33-16-22(31)27-26-15-17-7-9-19(25)10-8-17/h2-15H,16H2,1H3,(H,27,31). The highest BCUT2D eigenvalue weighted by Crippen LogP contribution is 2.28. The van der Waals surface area contributed by atoms with E-state index in [4.69, 9.17) is 4.74 Å². The van der Waals surface area contributed by atoms with E-state index in [9.17, 15) is 4.79 Å². The number of carbonyl (C=O) groups is 1. The van der Waals surface area contributed by atoms with E-state index in [0.717, 1.165) is 27.0 Å². The van der Waals surface area contributed by atoms with Gasteiger partial charge in [-0.05, 0) is 42.0 Å². The number of benzene rings is 3. The van der Waals surface area contributed by atoms with Crippen LogP contribution >= 0.6 is 27.7 Å². The van der Waals surface area contributed by atoms with Crippen molar-refractivity contribution in [3.05, 3.63) is 88.9 Å². The number of hydrogen-bond donors (Lipinski definition) is 1. The van der Waals surface area contributed by atoms with E-state index in [1.807, 2.05) is 83.4 Å². The molecular formula is C24H20BrN5O2S. The summed E-state index contributed by atoms with van der Waals surface area (Å²) >= 11 is 4.68. The molecule has 0 spiro atoms. The zero-order chi connectivity index (χ0) is 23.0. The molecule has 0 fully saturated rings. The van der Waals surface area contributed by atoms with Gasteiger partial charge in [0.25, 0.3) is 5.91 Å². The summed E-state index contributed by atoms with van der Waals surface area (Å²) in [6, 6.07) is 25.0. The van der Waals surface area contributed by atoms with Gasteiger partial charge in [-0.1, -0.05) is 70.2 Å². The van der Waals surface area contributed by atoms with Crippen molar-refractivity contribution in [3.8, 4) is 22.8 Å². The van der Waals surface area contributed by atoms with Crippen LogP contribution in [0, 0.1) is 0 Å². The van der Waals surface area contributed by atoms with Crippen molar-refractivity contribution in [2.24, 2.45) is 5.10 Å². The third-order valence-electron chi connectivity index (χ3n) is 4.60. The number of hydrogen-bond acceptors (Lipinski definition) is 6. The number of nitrogens with zero attached hydrogens (tertiary/aromatic N) is 4. The number of hydrazone groups is 1. The Hall–Kier alpha value is -3.43. The smallest absolute Gasteiger partial charge is 0.250 e. The molecule has 4 aromatic rings. The number of nitrogens with one attached hydrogen (secondary N) is 1. The van der Waals surface area contributed by atoms with Gasteiger partial charge in [-0.25, -0.2) is 5.43 Å². The van der Waals surface area contributed by atoms with Crippen LogP contribution in [0.25, 0.3) is 17.1 Å². The van der Waals surface area contributed by atoms with Crippen molar-refractivity contribution in [2.75, 3.05) is 12.9 Å². The predicted octanol–water partition coefficient (Wildman–Crippen LogP) is 4.95. The molecule has 166 valence electrons. The Morgan fingerprint density at radius 2 is 1.79 bits per heavy atom. The molecule has 0 radical (unpaired) electrons. The van der Waals surface area contributed by atoms with Gasteiger partial charge in [0.15, 0.2) is 11.0 Å². The Labute approximate surface area is 204 Å². The largest absolute Gasteiger partial charge is 0.497 e. The van der Waals surface area contributed by atoms with E-state index >= 15 is 0 Å². The average molecular weight is 522 g/mol. The maximum absolute atomic E-state index is 12.3. The van der Waals surface area contributed by atoms with Gasteiger partial charge >= 0.3 is 0 Å². The van der Waals surface area contributed by atoms with Crippen LogP contribution in [-0.2, 0) is 4.79 Å².